The highest BCUT2D eigenvalue weighted by Gasteiger charge is 2.15. The molecule has 0 spiro atoms. The van der Waals surface area contributed by atoms with Gasteiger partial charge in [0, 0.05) is 10.0 Å². The molecular formula is C18H29BrO2. The van der Waals surface area contributed by atoms with Gasteiger partial charge in [-0.1, -0.05) is 68.3 Å². The standard InChI is InChI=1S/C18H29BrO2/c1-3-5-7-9-11-14-15(12-10-8-6-4-2)18(21)17(20)13-16(14)19/h13,20-21H,3-12H2,1-2H3. The molecule has 0 fully saturated rings. The van der Waals surface area contributed by atoms with E-state index in [9.17, 15) is 10.2 Å². The number of phenols is 2. The second-order valence-electron chi connectivity index (χ2n) is 5.80. The van der Waals surface area contributed by atoms with E-state index >= 15 is 0 Å². The lowest BCUT2D eigenvalue weighted by molar-refractivity contribution is 0.397. The van der Waals surface area contributed by atoms with Crippen molar-refractivity contribution in [2.75, 3.05) is 0 Å². The summed E-state index contributed by atoms with van der Waals surface area (Å²) in [5.41, 5.74) is 2.12. The average molecular weight is 357 g/mol. The van der Waals surface area contributed by atoms with Crippen molar-refractivity contribution < 1.29 is 10.2 Å². The van der Waals surface area contributed by atoms with Crippen LogP contribution in [-0.4, -0.2) is 10.2 Å². The van der Waals surface area contributed by atoms with E-state index in [-0.39, 0.29) is 11.5 Å². The molecule has 0 radical (unpaired) electrons. The van der Waals surface area contributed by atoms with E-state index in [2.05, 4.69) is 29.8 Å². The number of benzene rings is 1. The molecule has 0 bridgehead atoms. The van der Waals surface area contributed by atoms with Gasteiger partial charge >= 0.3 is 0 Å². The van der Waals surface area contributed by atoms with Gasteiger partial charge in [0.1, 0.15) is 0 Å². The normalized spacial score (nSPS) is 11.0. The first-order chi connectivity index (χ1) is 10.1. The highest BCUT2D eigenvalue weighted by molar-refractivity contribution is 9.10. The Morgan fingerprint density at radius 1 is 0.810 bits per heavy atom. The summed E-state index contributed by atoms with van der Waals surface area (Å²) in [6, 6.07) is 1.63. The van der Waals surface area contributed by atoms with E-state index in [0.717, 1.165) is 35.7 Å². The fraction of sp³-hybridized carbons (Fsp3) is 0.667. The Balaban J connectivity index is 2.79. The molecule has 0 unspecified atom stereocenters. The van der Waals surface area contributed by atoms with Gasteiger partial charge < -0.3 is 10.2 Å². The molecule has 1 rings (SSSR count). The summed E-state index contributed by atoms with van der Waals surface area (Å²) < 4.78 is 0.930. The Bertz CT molecular complexity index is 430. The highest BCUT2D eigenvalue weighted by Crippen LogP contribution is 2.38. The zero-order valence-electron chi connectivity index (χ0n) is 13.4. The van der Waals surface area contributed by atoms with Gasteiger partial charge in [0.25, 0.3) is 0 Å². The molecule has 1 aromatic carbocycles. The Labute approximate surface area is 137 Å². The van der Waals surface area contributed by atoms with Gasteiger partial charge in [-0.3, -0.25) is 0 Å². The maximum atomic E-state index is 10.2. The van der Waals surface area contributed by atoms with Gasteiger partial charge in [-0.25, -0.2) is 0 Å². The first kappa shape index (κ1) is 18.3. The summed E-state index contributed by atoms with van der Waals surface area (Å²) in [5, 5.41) is 20.0. The van der Waals surface area contributed by atoms with Crippen LogP contribution in [0.4, 0.5) is 0 Å². The maximum absolute atomic E-state index is 10.2. The summed E-state index contributed by atoms with van der Waals surface area (Å²) in [6.07, 6.45) is 11.3. The first-order valence-electron chi connectivity index (χ1n) is 8.33. The molecule has 2 nitrogen and oxygen atoms in total. The highest BCUT2D eigenvalue weighted by atomic mass is 79.9. The molecule has 21 heavy (non-hydrogen) atoms. The molecule has 0 aromatic heterocycles. The zero-order chi connectivity index (χ0) is 15.7. The van der Waals surface area contributed by atoms with Crippen LogP contribution in [0.1, 0.15) is 76.3 Å². The molecule has 2 N–H and O–H groups in total. The van der Waals surface area contributed by atoms with E-state index in [4.69, 9.17) is 0 Å². The van der Waals surface area contributed by atoms with Crippen molar-refractivity contribution in [1.29, 1.82) is 0 Å². The number of rotatable bonds is 10. The molecule has 0 aliphatic carbocycles. The number of hydrogen-bond donors (Lipinski definition) is 2. The van der Waals surface area contributed by atoms with Crippen LogP contribution in [0.15, 0.2) is 10.5 Å². The van der Waals surface area contributed by atoms with E-state index in [0.29, 0.717) is 0 Å². The Morgan fingerprint density at radius 2 is 1.33 bits per heavy atom. The van der Waals surface area contributed by atoms with Crippen molar-refractivity contribution in [3.05, 3.63) is 21.7 Å². The largest absolute Gasteiger partial charge is 0.504 e. The van der Waals surface area contributed by atoms with Crippen LogP contribution in [0.2, 0.25) is 0 Å². The van der Waals surface area contributed by atoms with Crippen LogP contribution < -0.4 is 0 Å². The lowest BCUT2D eigenvalue weighted by atomic mass is 9.95. The second-order valence-corrected chi connectivity index (χ2v) is 6.66. The second kappa shape index (κ2) is 10.1. The number of hydrogen-bond acceptors (Lipinski definition) is 2. The number of unbranched alkanes of at least 4 members (excludes halogenated alkanes) is 6. The third-order valence-corrected chi connectivity index (χ3v) is 4.71. The van der Waals surface area contributed by atoms with Crippen molar-refractivity contribution in [2.24, 2.45) is 0 Å². The monoisotopic (exact) mass is 356 g/mol. The minimum Gasteiger partial charge on any atom is -0.504 e. The minimum atomic E-state index is -0.00956. The molecule has 0 saturated carbocycles. The predicted molar refractivity (Wildman–Crippen MR) is 93.2 cm³/mol. The van der Waals surface area contributed by atoms with E-state index in [1.807, 2.05) is 0 Å². The SMILES string of the molecule is CCCCCCc1c(Br)cc(O)c(O)c1CCCCCC. The molecule has 0 amide bonds. The molecule has 0 atom stereocenters. The maximum Gasteiger partial charge on any atom is 0.161 e. The van der Waals surface area contributed by atoms with Crippen molar-refractivity contribution >= 4 is 15.9 Å². The fourth-order valence-corrected chi connectivity index (χ4v) is 3.37. The van der Waals surface area contributed by atoms with Crippen molar-refractivity contribution in [2.45, 2.75) is 78.1 Å². The van der Waals surface area contributed by atoms with E-state index in [1.165, 1.54) is 44.1 Å². The van der Waals surface area contributed by atoms with Crippen molar-refractivity contribution in [1.82, 2.24) is 0 Å². The zero-order valence-corrected chi connectivity index (χ0v) is 15.0. The third-order valence-electron chi connectivity index (χ3n) is 4.01. The summed E-state index contributed by atoms with van der Waals surface area (Å²) in [7, 11) is 0. The number of phenolic OH excluding ortho intramolecular Hbond substituents is 2. The summed E-state index contributed by atoms with van der Waals surface area (Å²) in [4.78, 5) is 0. The van der Waals surface area contributed by atoms with Gasteiger partial charge in [-0.2, -0.15) is 0 Å². The van der Waals surface area contributed by atoms with Crippen LogP contribution in [0.3, 0.4) is 0 Å². The van der Waals surface area contributed by atoms with Crippen molar-refractivity contribution in [3.8, 4) is 11.5 Å². The Kier molecular flexibility index (Phi) is 8.82. The Morgan fingerprint density at radius 3 is 1.86 bits per heavy atom. The quantitative estimate of drug-likeness (QED) is 0.392. The molecule has 0 saturated heterocycles. The molecule has 0 aliphatic rings. The smallest absolute Gasteiger partial charge is 0.161 e. The molecule has 0 heterocycles. The van der Waals surface area contributed by atoms with Gasteiger partial charge in [-0.05, 0) is 37.3 Å². The first-order valence-corrected chi connectivity index (χ1v) is 9.13. The van der Waals surface area contributed by atoms with Gasteiger partial charge in [0.15, 0.2) is 11.5 Å². The van der Waals surface area contributed by atoms with Crippen molar-refractivity contribution in [3.63, 3.8) is 0 Å². The lowest BCUT2D eigenvalue weighted by Crippen LogP contribution is -1.98. The van der Waals surface area contributed by atoms with Crippen LogP contribution in [0.5, 0.6) is 11.5 Å². The summed E-state index contributed by atoms with van der Waals surface area (Å²) >= 11 is 3.55. The molecular weight excluding hydrogens is 328 g/mol. The van der Waals surface area contributed by atoms with Gasteiger partial charge in [-0.15, -0.1) is 0 Å². The molecule has 120 valence electrons. The van der Waals surface area contributed by atoms with Crippen LogP contribution in [0.25, 0.3) is 0 Å². The molecule has 1 aromatic rings. The summed E-state index contributed by atoms with van der Waals surface area (Å²) in [5.74, 6) is 0.0739. The third kappa shape index (κ3) is 5.90. The van der Waals surface area contributed by atoms with Gasteiger partial charge in [0.05, 0.1) is 0 Å². The predicted octanol–water partition coefficient (Wildman–Crippen LogP) is 6.11. The topological polar surface area (TPSA) is 40.5 Å². The number of halogens is 1. The van der Waals surface area contributed by atoms with Crippen LogP contribution >= 0.6 is 15.9 Å². The number of aromatic hydroxyl groups is 2. The molecule has 0 aliphatic heterocycles. The van der Waals surface area contributed by atoms with E-state index < -0.39 is 0 Å². The average Bonchev–Trinajstić information content (AvgIpc) is 2.46. The van der Waals surface area contributed by atoms with E-state index in [1.54, 1.807) is 6.07 Å². The van der Waals surface area contributed by atoms with Gasteiger partial charge in [0.2, 0.25) is 0 Å². The minimum absolute atomic E-state index is 0.00956. The fourth-order valence-electron chi connectivity index (χ4n) is 2.71. The molecule has 3 heteroatoms. The summed E-state index contributed by atoms with van der Waals surface area (Å²) in [6.45, 7) is 4.41. The van der Waals surface area contributed by atoms with Crippen LogP contribution in [-0.2, 0) is 12.8 Å². The van der Waals surface area contributed by atoms with Crippen LogP contribution in [0, 0.1) is 0 Å². The lowest BCUT2D eigenvalue weighted by Gasteiger charge is -2.15. The Hall–Kier alpha value is -0.700.